The lowest BCUT2D eigenvalue weighted by molar-refractivity contribution is -0.120. The van der Waals surface area contributed by atoms with Crippen molar-refractivity contribution in [1.29, 1.82) is 0 Å². The molecule has 0 aliphatic rings. The van der Waals surface area contributed by atoms with Crippen LogP contribution >= 0.6 is 0 Å². The summed E-state index contributed by atoms with van der Waals surface area (Å²) in [6, 6.07) is 12.3. The molecule has 30 heavy (non-hydrogen) atoms. The van der Waals surface area contributed by atoms with E-state index in [1.54, 1.807) is 50.2 Å². The van der Waals surface area contributed by atoms with E-state index in [4.69, 9.17) is 4.74 Å². The molecular weight excluding hydrogens is 428 g/mol. The van der Waals surface area contributed by atoms with Crippen LogP contribution in [0, 0.1) is 0 Å². The molecule has 0 aromatic heterocycles. The third-order valence-corrected chi connectivity index (χ3v) is 6.56. The van der Waals surface area contributed by atoms with Gasteiger partial charge in [0.25, 0.3) is 0 Å². The number of para-hydroxylation sites is 2. The van der Waals surface area contributed by atoms with E-state index in [0.717, 1.165) is 16.8 Å². The molecule has 1 unspecified atom stereocenters. The van der Waals surface area contributed by atoms with Gasteiger partial charge in [0.15, 0.2) is 9.84 Å². The number of carbonyl (C=O) groups excluding carboxylic acids is 1. The number of anilines is 1. The maximum Gasteiger partial charge on any atom is 0.241 e. The second-order valence-corrected chi connectivity index (χ2v) is 10.7. The molecular formula is C20H26N2O6S2. The van der Waals surface area contributed by atoms with Crippen molar-refractivity contribution in [3.63, 3.8) is 0 Å². The van der Waals surface area contributed by atoms with Crippen LogP contribution in [0.4, 0.5) is 5.69 Å². The molecule has 2 rings (SSSR count). The van der Waals surface area contributed by atoms with Crippen LogP contribution in [-0.2, 0) is 24.7 Å². The highest BCUT2D eigenvalue weighted by Crippen LogP contribution is 2.29. The van der Waals surface area contributed by atoms with Gasteiger partial charge in [0.1, 0.15) is 12.3 Å². The Bertz CT molecular complexity index is 1100. The van der Waals surface area contributed by atoms with Crippen LogP contribution in [0.5, 0.6) is 5.75 Å². The smallest absolute Gasteiger partial charge is 0.241 e. The van der Waals surface area contributed by atoms with Crippen LogP contribution in [0.25, 0.3) is 0 Å². The fourth-order valence-corrected chi connectivity index (χ4v) is 4.32. The molecule has 0 heterocycles. The molecule has 2 aromatic carbocycles. The van der Waals surface area contributed by atoms with Gasteiger partial charge in [-0.05, 0) is 43.7 Å². The van der Waals surface area contributed by atoms with Gasteiger partial charge in [0.05, 0.1) is 29.5 Å². The molecule has 0 bridgehead atoms. The molecule has 2 aromatic rings. The van der Waals surface area contributed by atoms with Crippen molar-refractivity contribution >= 4 is 31.5 Å². The summed E-state index contributed by atoms with van der Waals surface area (Å²) in [5.74, 6) is -0.144. The molecule has 1 amide bonds. The van der Waals surface area contributed by atoms with Crippen molar-refractivity contribution in [3.05, 3.63) is 54.1 Å². The van der Waals surface area contributed by atoms with Crippen LogP contribution in [0.2, 0.25) is 0 Å². The van der Waals surface area contributed by atoms with Crippen LogP contribution in [0.3, 0.4) is 0 Å². The van der Waals surface area contributed by atoms with E-state index in [1.807, 2.05) is 0 Å². The minimum Gasteiger partial charge on any atom is -0.492 e. The number of nitrogens with zero attached hydrogens (tertiary/aromatic N) is 1. The van der Waals surface area contributed by atoms with Gasteiger partial charge in [0.2, 0.25) is 15.9 Å². The third kappa shape index (κ3) is 6.20. The van der Waals surface area contributed by atoms with Crippen molar-refractivity contribution in [2.24, 2.45) is 0 Å². The van der Waals surface area contributed by atoms with Gasteiger partial charge in [-0.15, -0.1) is 0 Å². The van der Waals surface area contributed by atoms with E-state index in [2.05, 4.69) is 5.32 Å². The number of sulfone groups is 1. The predicted octanol–water partition coefficient (Wildman–Crippen LogP) is 2.13. The number of carbonyl (C=O) groups is 1. The van der Waals surface area contributed by atoms with Crippen LogP contribution in [-0.4, -0.2) is 48.4 Å². The van der Waals surface area contributed by atoms with Crippen molar-refractivity contribution < 1.29 is 26.4 Å². The minimum atomic E-state index is -3.75. The van der Waals surface area contributed by atoms with Gasteiger partial charge >= 0.3 is 0 Å². The highest BCUT2D eigenvalue weighted by atomic mass is 32.2. The minimum absolute atomic E-state index is 0.181. The molecule has 164 valence electrons. The summed E-state index contributed by atoms with van der Waals surface area (Å²) in [6.07, 6.45) is 2.14. The van der Waals surface area contributed by atoms with Crippen LogP contribution < -0.4 is 14.4 Å². The Balaban J connectivity index is 2.19. The zero-order chi connectivity index (χ0) is 22.5. The first kappa shape index (κ1) is 23.7. The first-order valence-electron chi connectivity index (χ1n) is 9.22. The highest BCUT2D eigenvalue weighted by molar-refractivity contribution is 7.92. The quantitative estimate of drug-likeness (QED) is 0.622. The molecule has 0 fully saturated rings. The van der Waals surface area contributed by atoms with E-state index in [1.165, 1.54) is 12.1 Å². The molecule has 1 N–H and O–H groups in total. The molecule has 1 atom stereocenters. The van der Waals surface area contributed by atoms with Crippen molar-refractivity contribution in [2.45, 2.75) is 24.8 Å². The summed E-state index contributed by atoms with van der Waals surface area (Å²) in [4.78, 5) is 12.8. The largest absolute Gasteiger partial charge is 0.492 e. The average Bonchev–Trinajstić information content (AvgIpc) is 2.65. The summed E-state index contributed by atoms with van der Waals surface area (Å²) in [5, 5.41) is 2.74. The zero-order valence-corrected chi connectivity index (χ0v) is 19.0. The van der Waals surface area contributed by atoms with E-state index in [9.17, 15) is 21.6 Å². The molecule has 10 heteroatoms. The normalized spacial score (nSPS) is 12.8. The van der Waals surface area contributed by atoms with E-state index in [0.29, 0.717) is 17.9 Å². The Labute approximate surface area is 177 Å². The highest BCUT2D eigenvalue weighted by Gasteiger charge is 2.24. The zero-order valence-electron chi connectivity index (χ0n) is 17.3. The fourth-order valence-electron chi connectivity index (χ4n) is 2.83. The maximum absolute atomic E-state index is 12.6. The number of sulfonamides is 1. The summed E-state index contributed by atoms with van der Waals surface area (Å²) in [6.45, 7) is 3.44. The number of hydrogen-bond donors (Lipinski definition) is 1. The molecule has 0 saturated carbocycles. The number of benzene rings is 2. The lowest BCUT2D eigenvalue weighted by atomic mass is 10.1. The Morgan fingerprint density at radius 1 is 1.03 bits per heavy atom. The summed E-state index contributed by atoms with van der Waals surface area (Å²) in [5.41, 5.74) is 0.971. The maximum atomic E-state index is 12.6. The fraction of sp³-hybridized carbons (Fsp3) is 0.350. The SMILES string of the molecule is CCOc1ccccc1N(CC(=O)NC(C)c1ccc(S(C)(=O)=O)cc1)S(C)(=O)=O. The Hall–Kier alpha value is -2.59. The number of hydrogen-bond acceptors (Lipinski definition) is 6. The van der Waals surface area contributed by atoms with Gasteiger partial charge in [-0.25, -0.2) is 16.8 Å². The summed E-state index contributed by atoms with van der Waals surface area (Å²) < 4.78 is 54.3. The number of rotatable bonds is 9. The van der Waals surface area contributed by atoms with E-state index in [-0.39, 0.29) is 10.6 Å². The lowest BCUT2D eigenvalue weighted by Gasteiger charge is -2.25. The van der Waals surface area contributed by atoms with Crippen LogP contribution in [0.15, 0.2) is 53.4 Å². The van der Waals surface area contributed by atoms with Crippen molar-refractivity contribution in [2.75, 3.05) is 30.0 Å². The molecule has 0 saturated heterocycles. The average molecular weight is 455 g/mol. The predicted molar refractivity (Wildman–Crippen MR) is 116 cm³/mol. The first-order valence-corrected chi connectivity index (χ1v) is 13.0. The summed E-state index contributed by atoms with van der Waals surface area (Å²) in [7, 11) is -7.06. The second-order valence-electron chi connectivity index (χ2n) is 6.80. The number of nitrogens with one attached hydrogen (secondary N) is 1. The topological polar surface area (TPSA) is 110 Å². The van der Waals surface area contributed by atoms with Crippen molar-refractivity contribution in [3.8, 4) is 5.75 Å². The molecule has 0 aliphatic heterocycles. The monoisotopic (exact) mass is 454 g/mol. The Morgan fingerprint density at radius 2 is 1.63 bits per heavy atom. The number of ether oxygens (including phenoxy) is 1. The van der Waals surface area contributed by atoms with Gasteiger partial charge in [-0.3, -0.25) is 9.10 Å². The Kier molecular flexibility index (Phi) is 7.49. The lowest BCUT2D eigenvalue weighted by Crippen LogP contribution is -2.41. The van der Waals surface area contributed by atoms with E-state index < -0.39 is 38.4 Å². The van der Waals surface area contributed by atoms with Crippen molar-refractivity contribution in [1.82, 2.24) is 5.32 Å². The first-order chi connectivity index (χ1) is 13.9. The van der Waals surface area contributed by atoms with Gasteiger partial charge in [-0.1, -0.05) is 24.3 Å². The third-order valence-electron chi connectivity index (χ3n) is 4.31. The second kappa shape index (κ2) is 9.48. The standard InChI is InChI=1S/C20H26N2O6S2/c1-5-28-19-9-7-6-8-18(19)22(30(4,26)27)14-20(23)21-15(2)16-10-12-17(13-11-16)29(3,24)25/h6-13,15H,5,14H2,1-4H3,(H,21,23). The van der Waals surface area contributed by atoms with Gasteiger partial charge in [0, 0.05) is 6.26 Å². The Morgan fingerprint density at radius 3 is 2.17 bits per heavy atom. The summed E-state index contributed by atoms with van der Waals surface area (Å²) >= 11 is 0. The van der Waals surface area contributed by atoms with Crippen LogP contribution in [0.1, 0.15) is 25.5 Å². The van der Waals surface area contributed by atoms with Gasteiger partial charge < -0.3 is 10.1 Å². The van der Waals surface area contributed by atoms with Gasteiger partial charge in [-0.2, -0.15) is 0 Å². The molecule has 0 aliphatic carbocycles. The molecule has 0 radical (unpaired) electrons. The molecule has 0 spiro atoms. The molecule has 8 nitrogen and oxygen atoms in total. The number of amides is 1. The van der Waals surface area contributed by atoms with E-state index >= 15 is 0 Å².